The van der Waals surface area contributed by atoms with Crippen molar-refractivity contribution in [2.75, 3.05) is 33.9 Å². The molecule has 0 atom stereocenters. The Kier molecular flexibility index (Phi) is 8.67. The second-order valence-electron chi connectivity index (χ2n) is 4.74. The highest BCUT2D eigenvalue weighted by Crippen LogP contribution is 2.05. The third kappa shape index (κ3) is 6.58. The minimum atomic E-state index is -0.0804. The molecule has 0 spiro atoms. The maximum absolute atomic E-state index is 11.5. The normalized spacial score (nSPS) is 11.1. The molecule has 3 N–H and O–H groups in total. The summed E-state index contributed by atoms with van der Waals surface area (Å²) in [6.45, 7) is 4.95. The summed E-state index contributed by atoms with van der Waals surface area (Å²) in [7, 11) is 3.32. The summed E-state index contributed by atoms with van der Waals surface area (Å²) in [5, 5.41) is 9.07. The molecule has 0 heterocycles. The number of amides is 1. The van der Waals surface area contributed by atoms with Crippen LogP contribution in [0.5, 0.6) is 0 Å². The Balaban J connectivity index is 2.55. The van der Waals surface area contributed by atoms with Crippen LogP contribution in [0.3, 0.4) is 0 Å². The molecule has 22 heavy (non-hydrogen) atoms. The monoisotopic (exact) mass is 306 g/mol. The molecule has 0 aliphatic carbocycles. The van der Waals surface area contributed by atoms with E-state index in [1.165, 1.54) is 0 Å². The van der Waals surface area contributed by atoms with E-state index in [-0.39, 0.29) is 5.91 Å². The highest BCUT2D eigenvalue weighted by molar-refractivity contribution is 5.93. The third-order valence-corrected chi connectivity index (χ3v) is 3.02. The zero-order chi connectivity index (χ0) is 16.2. The van der Waals surface area contributed by atoms with Crippen molar-refractivity contribution < 1.29 is 9.53 Å². The molecule has 0 bridgehead atoms. The molecule has 0 aliphatic rings. The Bertz CT molecular complexity index is 472. The lowest BCUT2D eigenvalue weighted by atomic mass is 10.1. The van der Waals surface area contributed by atoms with Crippen LogP contribution in [0, 0.1) is 0 Å². The molecule has 0 radical (unpaired) electrons. The summed E-state index contributed by atoms with van der Waals surface area (Å²) < 4.78 is 5.02. The highest BCUT2D eigenvalue weighted by Gasteiger charge is 2.02. The van der Waals surface area contributed by atoms with E-state index in [9.17, 15) is 4.79 Å². The number of ether oxygens (including phenoxy) is 1. The van der Waals surface area contributed by atoms with E-state index in [2.05, 4.69) is 20.9 Å². The zero-order valence-corrected chi connectivity index (χ0v) is 13.6. The van der Waals surface area contributed by atoms with Gasteiger partial charge >= 0.3 is 0 Å². The van der Waals surface area contributed by atoms with Gasteiger partial charge in [0.15, 0.2) is 5.96 Å². The van der Waals surface area contributed by atoms with Gasteiger partial charge in [0.1, 0.15) is 0 Å². The van der Waals surface area contributed by atoms with E-state index >= 15 is 0 Å². The van der Waals surface area contributed by atoms with Crippen molar-refractivity contribution in [1.82, 2.24) is 16.0 Å². The summed E-state index contributed by atoms with van der Waals surface area (Å²) >= 11 is 0. The SMILES string of the molecule is CCNC(=NCc1ccc(C(=O)NC)cc1)NCCCOC. The summed E-state index contributed by atoms with van der Waals surface area (Å²) in [6, 6.07) is 7.45. The van der Waals surface area contributed by atoms with Crippen molar-refractivity contribution >= 4 is 11.9 Å². The lowest BCUT2D eigenvalue weighted by molar-refractivity contribution is 0.0963. The molecule has 1 rings (SSSR count). The van der Waals surface area contributed by atoms with E-state index in [0.29, 0.717) is 12.1 Å². The van der Waals surface area contributed by atoms with Gasteiger partial charge in [0, 0.05) is 39.4 Å². The van der Waals surface area contributed by atoms with Gasteiger partial charge in [-0.25, -0.2) is 4.99 Å². The van der Waals surface area contributed by atoms with Gasteiger partial charge in [0.2, 0.25) is 0 Å². The Morgan fingerprint density at radius 3 is 2.55 bits per heavy atom. The summed E-state index contributed by atoms with van der Waals surface area (Å²) in [6.07, 6.45) is 0.932. The van der Waals surface area contributed by atoms with Crippen molar-refractivity contribution in [2.24, 2.45) is 4.99 Å². The first-order valence-corrected chi connectivity index (χ1v) is 7.53. The van der Waals surface area contributed by atoms with Gasteiger partial charge in [0.25, 0.3) is 5.91 Å². The Morgan fingerprint density at radius 1 is 1.23 bits per heavy atom. The minimum absolute atomic E-state index is 0.0804. The van der Waals surface area contributed by atoms with Crippen LogP contribution in [0.25, 0.3) is 0 Å². The average molecular weight is 306 g/mol. The van der Waals surface area contributed by atoms with Crippen LogP contribution in [0.4, 0.5) is 0 Å². The molecule has 1 amide bonds. The fraction of sp³-hybridized carbons (Fsp3) is 0.500. The van der Waals surface area contributed by atoms with Gasteiger partial charge in [-0.05, 0) is 31.0 Å². The van der Waals surface area contributed by atoms with Crippen molar-refractivity contribution in [2.45, 2.75) is 19.9 Å². The van der Waals surface area contributed by atoms with Crippen LogP contribution in [0.15, 0.2) is 29.3 Å². The van der Waals surface area contributed by atoms with E-state index in [4.69, 9.17) is 4.74 Å². The number of nitrogens with zero attached hydrogens (tertiary/aromatic N) is 1. The fourth-order valence-corrected chi connectivity index (χ4v) is 1.84. The van der Waals surface area contributed by atoms with Gasteiger partial charge in [0.05, 0.1) is 6.54 Å². The van der Waals surface area contributed by atoms with Crippen LogP contribution in [0.2, 0.25) is 0 Å². The molecule has 0 unspecified atom stereocenters. The number of aliphatic imine (C=N–C) groups is 1. The van der Waals surface area contributed by atoms with Gasteiger partial charge in [-0.15, -0.1) is 0 Å². The van der Waals surface area contributed by atoms with Gasteiger partial charge in [-0.2, -0.15) is 0 Å². The number of methoxy groups -OCH3 is 1. The molecule has 0 saturated carbocycles. The number of carbonyl (C=O) groups excluding carboxylic acids is 1. The summed E-state index contributed by atoms with van der Waals surface area (Å²) in [5.41, 5.74) is 1.71. The third-order valence-electron chi connectivity index (χ3n) is 3.02. The number of carbonyl (C=O) groups is 1. The van der Waals surface area contributed by atoms with Gasteiger partial charge in [-0.1, -0.05) is 12.1 Å². The summed E-state index contributed by atoms with van der Waals surface area (Å²) in [4.78, 5) is 16.0. The first-order valence-electron chi connectivity index (χ1n) is 7.53. The molecule has 0 aromatic heterocycles. The van der Waals surface area contributed by atoms with Crippen molar-refractivity contribution in [3.63, 3.8) is 0 Å². The topological polar surface area (TPSA) is 74.8 Å². The van der Waals surface area contributed by atoms with E-state index in [0.717, 1.165) is 37.6 Å². The van der Waals surface area contributed by atoms with Crippen LogP contribution in [-0.4, -0.2) is 45.7 Å². The van der Waals surface area contributed by atoms with Gasteiger partial charge in [-0.3, -0.25) is 4.79 Å². The van der Waals surface area contributed by atoms with Crippen LogP contribution >= 0.6 is 0 Å². The molecule has 6 heteroatoms. The van der Waals surface area contributed by atoms with Crippen molar-refractivity contribution in [3.8, 4) is 0 Å². The second-order valence-corrected chi connectivity index (χ2v) is 4.74. The lowest BCUT2D eigenvalue weighted by Gasteiger charge is -2.11. The smallest absolute Gasteiger partial charge is 0.251 e. The zero-order valence-electron chi connectivity index (χ0n) is 13.6. The van der Waals surface area contributed by atoms with E-state index in [1.807, 2.05) is 31.2 Å². The number of guanidine groups is 1. The van der Waals surface area contributed by atoms with Crippen molar-refractivity contribution in [3.05, 3.63) is 35.4 Å². The van der Waals surface area contributed by atoms with Crippen LogP contribution in [0.1, 0.15) is 29.3 Å². The standard InChI is InChI=1S/C16H26N4O2/c1-4-18-16(19-10-5-11-22-3)20-12-13-6-8-14(9-7-13)15(21)17-2/h6-9H,4-5,10-12H2,1-3H3,(H,17,21)(H2,18,19,20). The molecule has 0 fully saturated rings. The van der Waals surface area contributed by atoms with Crippen molar-refractivity contribution in [1.29, 1.82) is 0 Å². The lowest BCUT2D eigenvalue weighted by Crippen LogP contribution is -2.38. The average Bonchev–Trinajstić information content (AvgIpc) is 2.56. The first kappa shape index (κ1) is 18.0. The van der Waals surface area contributed by atoms with E-state index < -0.39 is 0 Å². The fourth-order valence-electron chi connectivity index (χ4n) is 1.84. The maximum Gasteiger partial charge on any atom is 0.251 e. The minimum Gasteiger partial charge on any atom is -0.385 e. The van der Waals surface area contributed by atoms with Crippen LogP contribution < -0.4 is 16.0 Å². The Hall–Kier alpha value is -2.08. The maximum atomic E-state index is 11.5. The predicted octanol–water partition coefficient (Wildman–Crippen LogP) is 1.14. The highest BCUT2D eigenvalue weighted by atomic mass is 16.5. The molecule has 1 aromatic carbocycles. The Morgan fingerprint density at radius 2 is 1.95 bits per heavy atom. The quantitative estimate of drug-likeness (QED) is 0.382. The summed E-state index contributed by atoms with van der Waals surface area (Å²) in [5.74, 6) is 0.706. The largest absolute Gasteiger partial charge is 0.385 e. The molecular weight excluding hydrogens is 280 g/mol. The molecule has 6 nitrogen and oxygen atoms in total. The predicted molar refractivity (Wildman–Crippen MR) is 89.1 cm³/mol. The molecule has 1 aromatic rings. The molecule has 0 aliphatic heterocycles. The molecule has 122 valence electrons. The number of rotatable bonds is 8. The second kappa shape index (κ2) is 10.6. The number of nitrogens with one attached hydrogen (secondary N) is 3. The van der Waals surface area contributed by atoms with E-state index in [1.54, 1.807) is 14.2 Å². The van der Waals surface area contributed by atoms with Crippen LogP contribution in [-0.2, 0) is 11.3 Å². The molecule has 0 saturated heterocycles. The van der Waals surface area contributed by atoms with Gasteiger partial charge < -0.3 is 20.7 Å². The molecular formula is C16H26N4O2. The number of hydrogen-bond acceptors (Lipinski definition) is 3. The number of hydrogen-bond donors (Lipinski definition) is 3. The first-order chi connectivity index (χ1) is 10.7. The Labute approximate surface area is 132 Å². The number of benzene rings is 1.